The van der Waals surface area contributed by atoms with Gasteiger partial charge in [-0.25, -0.2) is 9.18 Å². The van der Waals surface area contributed by atoms with E-state index in [2.05, 4.69) is 10.6 Å². The molecular weight excluding hydrogens is 427 g/mol. The maximum atomic E-state index is 13.1. The lowest BCUT2D eigenvalue weighted by Gasteiger charge is -2.25. The minimum Gasteiger partial charge on any atom is -0.480 e. The lowest BCUT2D eigenvalue weighted by molar-refractivity contribution is -0.160. The summed E-state index contributed by atoms with van der Waals surface area (Å²) in [5, 5.41) is 14.2. The summed E-state index contributed by atoms with van der Waals surface area (Å²) in [6.07, 6.45) is -0.702. The van der Waals surface area contributed by atoms with Gasteiger partial charge in [0.15, 0.2) is 0 Å². The zero-order chi connectivity index (χ0) is 24.3. The van der Waals surface area contributed by atoms with Crippen molar-refractivity contribution in [1.29, 1.82) is 0 Å². The SMILES string of the molecule is CCOC(=O)C[C@H](C(=O)OCC)[C@H](NC(=O)[C@H](Cc1ccc(F)cc1)NC(C)=O)C(=O)O. The highest BCUT2D eigenvalue weighted by atomic mass is 19.1. The van der Waals surface area contributed by atoms with E-state index in [9.17, 15) is 33.5 Å². The topological polar surface area (TPSA) is 148 Å². The average molecular weight is 454 g/mol. The summed E-state index contributed by atoms with van der Waals surface area (Å²) >= 11 is 0. The molecule has 3 atom stereocenters. The Morgan fingerprint density at radius 3 is 2.09 bits per heavy atom. The van der Waals surface area contributed by atoms with Crippen LogP contribution in [0.3, 0.4) is 0 Å². The predicted octanol–water partition coefficient (Wildman–Crippen LogP) is 0.575. The molecule has 1 aromatic rings. The van der Waals surface area contributed by atoms with Gasteiger partial charge in [-0.1, -0.05) is 12.1 Å². The number of halogens is 1. The second kappa shape index (κ2) is 13.0. The number of hydrogen-bond acceptors (Lipinski definition) is 7. The fraction of sp³-hybridized carbons (Fsp3) is 0.476. The number of amides is 2. The average Bonchev–Trinajstić information content (AvgIpc) is 2.71. The largest absolute Gasteiger partial charge is 0.480 e. The Morgan fingerprint density at radius 2 is 1.59 bits per heavy atom. The van der Waals surface area contributed by atoms with Gasteiger partial charge in [-0.15, -0.1) is 0 Å². The molecule has 32 heavy (non-hydrogen) atoms. The summed E-state index contributed by atoms with van der Waals surface area (Å²) in [7, 11) is 0. The normalized spacial score (nSPS) is 13.2. The van der Waals surface area contributed by atoms with E-state index in [4.69, 9.17) is 9.47 Å². The van der Waals surface area contributed by atoms with Crippen LogP contribution in [-0.4, -0.2) is 60.1 Å². The summed E-state index contributed by atoms with van der Waals surface area (Å²) in [6, 6.07) is 2.13. The number of ether oxygens (including phenoxy) is 2. The van der Waals surface area contributed by atoms with Gasteiger partial charge in [0, 0.05) is 13.3 Å². The molecule has 0 spiro atoms. The molecule has 0 aliphatic rings. The molecule has 0 bridgehead atoms. The second-order valence-corrected chi connectivity index (χ2v) is 6.78. The highest BCUT2D eigenvalue weighted by molar-refractivity contribution is 5.93. The van der Waals surface area contributed by atoms with Crippen LogP contribution >= 0.6 is 0 Å². The number of carboxylic acid groups (broad SMARTS) is 1. The minimum atomic E-state index is -1.82. The zero-order valence-corrected chi connectivity index (χ0v) is 18.1. The second-order valence-electron chi connectivity index (χ2n) is 6.78. The number of aliphatic carboxylic acids is 1. The lowest BCUT2D eigenvalue weighted by atomic mass is 9.95. The Bertz CT molecular complexity index is 828. The zero-order valence-electron chi connectivity index (χ0n) is 18.1. The van der Waals surface area contributed by atoms with E-state index >= 15 is 0 Å². The maximum absolute atomic E-state index is 13.1. The molecule has 0 aromatic heterocycles. The number of nitrogens with one attached hydrogen (secondary N) is 2. The summed E-state index contributed by atoms with van der Waals surface area (Å²) in [4.78, 5) is 60.5. The molecule has 0 saturated heterocycles. The number of hydrogen-bond donors (Lipinski definition) is 3. The van der Waals surface area contributed by atoms with E-state index in [-0.39, 0.29) is 19.6 Å². The third-order valence-electron chi connectivity index (χ3n) is 4.29. The maximum Gasteiger partial charge on any atom is 0.327 e. The van der Waals surface area contributed by atoms with Gasteiger partial charge in [0.2, 0.25) is 11.8 Å². The van der Waals surface area contributed by atoms with Crippen molar-refractivity contribution >= 4 is 29.7 Å². The lowest BCUT2D eigenvalue weighted by Crippen LogP contribution is -2.55. The van der Waals surface area contributed by atoms with Crippen LogP contribution < -0.4 is 10.6 Å². The molecule has 0 saturated carbocycles. The number of carbonyl (C=O) groups excluding carboxylic acids is 4. The van der Waals surface area contributed by atoms with Crippen molar-refractivity contribution in [3.63, 3.8) is 0 Å². The van der Waals surface area contributed by atoms with Crippen LogP contribution in [0.5, 0.6) is 0 Å². The van der Waals surface area contributed by atoms with Crippen LogP contribution in [0.25, 0.3) is 0 Å². The highest BCUT2D eigenvalue weighted by Gasteiger charge is 2.39. The van der Waals surface area contributed by atoms with E-state index in [0.29, 0.717) is 5.56 Å². The van der Waals surface area contributed by atoms with Crippen LogP contribution in [0.15, 0.2) is 24.3 Å². The van der Waals surface area contributed by atoms with E-state index < -0.39 is 60.0 Å². The first-order valence-electron chi connectivity index (χ1n) is 9.95. The molecule has 2 amide bonds. The molecule has 1 rings (SSSR count). The van der Waals surface area contributed by atoms with Gasteiger partial charge in [-0.05, 0) is 31.5 Å². The summed E-state index contributed by atoms with van der Waals surface area (Å²) in [6.45, 7) is 4.16. The first-order valence-corrected chi connectivity index (χ1v) is 9.95. The molecule has 0 heterocycles. The smallest absolute Gasteiger partial charge is 0.327 e. The van der Waals surface area contributed by atoms with Gasteiger partial charge >= 0.3 is 17.9 Å². The first-order chi connectivity index (χ1) is 15.1. The summed E-state index contributed by atoms with van der Waals surface area (Å²) < 4.78 is 22.8. The van der Waals surface area contributed by atoms with Crippen molar-refractivity contribution in [2.75, 3.05) is 13.2 Å². The van der Waals surface area contributed by atoms with Gasteiger partial charge in [0.1, 0.15) is 17.9 Å². The fourth-order valence-corrected chi connectivity index (χ4v) is 2.89. The summed E-state index contributed by atoms with van der Waals surface area (Å²) in [5.41, 5.74) is 0.501. The summed E-state index contributed by atoms with van der Waals surface area (Å²) in [5.74, 6) is -6.93. The van der Waals surface area contributed by atoms with Crippen LogP contribution in [0.1, 0.15) is 32.8 Å². The first kappa shape index (κ1) is 26.5. The molecular formula is C21H27FN2O8. The van der Waals surface area contributed by atoms with Gasteiger partial charge in [0.05, 0.1) is 25.6 Å². The van der Waals surface area contributed by atoms with Crippen molar-refractivity contribution in [1.82, 2.24) is 10.6 Å². The molecule has 176 valence electrons. The number of rotatable bonds is 12. The van der Waals surface area contributed by atoms with Crippen molar-refractivity contribution in [3.8, 4) is 0 Å². The van der Waals surface area contributed by atoms with E-state index in [1.54, 1.807) is 6.92 Å². The third-order valence-corrected chi connectivity index (χ3v) is 4.29. The van der Waals surface area contributed by atoms with Crippen molar-refractivity contribution in [2.45, 2.75) is 45.7 Å². The molecule has 1 aromatic carbocycles. The van der Waals surface area contributed by atoms with Gasteiger partial charge in [-0.3, -0.25) is 19.2 Å². The molecule has 0 radical (unpaired) electrons. The highest BCUT2D eigenvalue weighted by Crippen LogP contribution is 2.15. The number of carboxylic acids is 1. The van der Waals surface area contributed by atoms with Gasteiger partial charge in [-0.2, -0.15) is 0 Å². The Kier molecular flexibility index (Phi) is 10.8. The Balaban J connectivity index is 3.13. The van der Waals surface area contributed by atoms with Crippen LogP contribution in [0, 0.1) is 11.7 Å². The quantitative estimate of drug-likeness (QED) is 0.388. The standard InChI is InChI=1S/C21H27FN2O8/c1-4-31-17(26)11-15(21(30)32-5-2)18(20(28)29)24-19(27)16(23-12(3)25)10-13-6-8-14(22)9-7-13/h6-9,15-16,18H,4-5,10-11H2,1-3H3,(H,23,25)(H,24,27)(H,28,29)/t15-,16-,18-/m0/s1. The third kappa shape index (κ3) is 8.70. The number of esters is 2. The molecule has 0 aliphatic heterocycles. The molecule has 3 N–H and O–H groups in total. The van der Waals surface area contributed by atoms with Crippen LogP contribution in [0.2, 0.25) is 0 Å². The molecule has 10 nitrogen and oxygen atoms in total. The number of carbonyl (C=O) groups is 5. The van der Waals surface area contributed by atoms with Crippen molar-refractivity contribution < 1.29 is 42.9 Å². The van der Waals surface area contributed by atoms with E-state index in [1.807, 2.05) is 0 Å². The van der Waals surface area contributed by atoms with Crippen molar-refractivity contribution in [3.05, 3.63) is 35.6 Å². The Labute approximate surface area is 184 Å². The molecule has 0 fully saturated rings. The molecule has 11 heteroatoms. The Hall–Kier alpha value is -3.50. The van der Waals surface area contributed by atoms with Crippen molar-refractivity contribution in [2.24, 2.45) is 5.92 Å². The fourth-order valence-electron chi connectivity index (χ4n) is 2.89. The van der Waals surface area contributed by atoms with Gasteiger partial charge in [0.25, 0.3) is 0 Å². The van der Waals surface area contributed by atoms with E-state index in [0.717, 1.165) is 0 Å². The predicted molar refractivity (Wildman–Crippen MR) is 109 cm³/mol. The van der Waals surface area contributed by atoms with E-state index in [1.165, 1.54) is 38.1 Å². The monoisotopic (exact) mass is 454 g/mol. The molecule has 0 unspecified atom stereocenters. The minimum absolute atomic E-state index is 0.0146. The van der Waals surface area contributed by atoms with Gasteiger partial charge < -0.3 is 25.2 Å². The Morgan fingerprint density at radius 1 is 1.00 bits per heavy atom. The van der Waals surface area contributed by atoms with Crippen LogP contribution in [-0.2, 0) is 39.9 Å². The van der Waals surface area contributed by atoms with Crippen LogP contribution in [0.4, 0.5) is 4.39 Å². The molecule has 0 aliphatic carbocycles. The number of benzene rings is 1.